The summed E-state index contributed by atoms with van der Waals surface area (Å²) in [6, 6.07) is 0. The highest BCUT2D eigenvalue weighted by molar-refractivity contribution is 5.95. The van der Waals surface area contributed by atoms with Crippen LogP contribution in [-0.2, 0) is 11.2 Å². The van der Waals surface area contributed by atoms with Gasteiger partial charge in [0, 0.05) is 6.42 Å². The lowest BCUT2D eigenvalue weighted by molar-refractivity contribution is -0.144. The van der Waals surface area contributed by atoms with E-state index in [1.165, 1.54) is 6.92 Å². The van der Waals surface area contributed by atoms with Gasteiger partial charge in [-0.05, 0) is 32.1 Å². The number of rotatable bonds is 6. The Hall–Kier alpha value is -1.92. The molecule has 1 aromatic heterocycles. The van der Waals surface area contributed by atoms with Crippen molar-refractivity contribution in [2.24, 2.45) is 5.92 Å². The maximum Gasteiger partial charge on any atom is 0.329 e. The summed E-state index contributed by atoms with van der Waals surface area (Å²) in [6.45, 7) is 3.53. The number of carboxylic acid groups (broad SMARTS) is 1. The molecule has 1 aromatic rings. The van der Waals surface area contributed by atoms with E-state index in [2.05, 4.69) is 20.5 Å². The zero-order valence-corrected chi connectivity index (χ0v) is 11.1. The van der Waals surface area contributed by atoms with Crippen molar-refractivity contribution in [2.45, 2.75) is 45.1 Å². The van der Waals surface area contributed by atoms with Gasteiger partial charge in [-0.15, -0.1) is 5.10 Å². The molecule has 7 heteroatoms. The highest BCUT2D eigenvalue weighted by Gasteiger charge is 2.49. The third-order valence-corrected chi connectivity index (χ3v) is 3.43. The Morgan fingerprint density at radius 3 is 2.74 bits per heavy atom. The SMILES string of the molecule is CCCc1nc(C(=O)NC(C)(C(=O)O)C2CC2)n[nH]1. The fraction of sp³-hybridized carbons (Fsp3) is 0.667. The number of aryl methyl sites for hydroxylation is 1. The molecule has 1 aliphatic rings. The van der Waals surface area contributed by atoms with Crippen molar-refractivity contribution in [1.29, 1.82) is 0 Å². The van der Waals surface area contributed by atoms with Gasteiger partial charge in [-0.25, -0.2) is 9.78 Å². The lowest BCUT2D eigenvalue weighted by Gasteiger charge is -2.25. The van der Waals surface area contributed by atoms with Crippen LogP contribution in [0.4, 0.5) is 0 Å². The average molecular weight is 266 g/mol. The van der Waals surface area contributed by atoms with Crippen LogP contribution in [0.2, 0.25) is 0 Å². The first-order valence-corrected chi connectivity index (χ1v) is 6.44. The summed E-state index contributed by atoms with van der Waals surface area (Å²) in [5.41, 5.74) is -1.23. The molecule has 1 unspecified atom stereocenters. The number of hydrogen-bond donors (Lipinski definition) is 3. The first kappa shape index (κ1) is 13.5. The van der Waals surface area contributed by atoms with Crippen LogP contribution in [0.3, 0.4) is 0 Å². The third-order valence-electron chi connectivity index (χ3n) is 3.43. The van der Waals surface area contributed by atoms with E-state index in [9.17, 15) is 14.7 Å². The lowest BCUT2D eigenvalue weighted by atomic mass is 9.96. The smallest absolute Gasteiger partial charge is 0.329 e. The number of nitrogens with one attached hydrogen (secondary N) is 2. The van der Waals surface area contributed by atoms with Gasteiger partial charge in [-0.3, -0.25) is 9.89 Å². The Morgan fingerprint density at radius 2 is 2.21 bits per heavy atom. The summed E-state index contributed by atoms with van der Waals surface area (Å²) in [5, 5.41) is 18.3. The number of aromatic nitrogens is 3. The summed E-state index contributed by atoms with van der Waals surface area (Å²) in [7, 11) is 0. The van der Waals surface area contributed by atoms with Gasteiger partial charge in [0.25, 0.3) is 5.91 Å². The normalized spacial score (nSPS) is 17.8. The molecular weight excluding hydrogens is 248 g/mol. The summed E-state index contributed by atoms with van der Waals surface area (Å²) in [4.78, 5) is 27.4. The van der Waals surface area contributed by atoms with E-state index in [1.807, 2.05) is 6.92 Å². The number of nitrogens with zero attached hydrogens (tertiary/aromatic N) is 2. The molecule has 0 aromatic carbocycles. The maximum atomic E-state index is 12.0. The summed E-state index contributed by atoms with van der Waals surface area (Å²) < 4.78 is 0. The molecule has 1 fully saturated rings. The molecule has 0 saturated heterocycles. The first-order valence-electron chi connectivity index (χ1n) is 6.44. The Kier molecular flexibility index (Phi) is 3.55. The van der Waals surface area contributed by atoms with E-state index in [0.29, 0.717) is 12.2 Å². The molecule has 1 amide bonds. The fourth-order valence-corrected chi connectivity index (χ4v) is 2.03. The molecule has 0 bridgehead atoms. The molecule has 1 heterocycles. The molecule has 3 N–H and O–H groups in total. The van der Waals surface area contributed by atoms with Crippen molar-refractivity contribution in [3.8, 4) is 0 Å². The molecule has 1 aliphatic carbocycles. The Labute approximate surface area is 110 Å². The van der Waals surface area contributed by atoms with Gasteiger partial charge < -0.3 is 10.4 Å². The lowest BCUT2D eigenvalue weighted by Crippen LogP contribution is -2.54. The Morgan fingerprint density at radius 1 is 1.53 bits per heavy atom. The second-order valence-corrected chi connectivity index (χ2v) is 5.09. The molecule has 2 rings (SSSR count). The summed E-state index contributed by atoms with van der Waals surface area (Å²) in [5.74, 6) is -0.946. The van der Waals surface area contributed by atoms with Crippen LogP contribution in [0.15, 0.2) is 0 Å². The quantitative estimate of drug-likeness (QED) is 0.703. The van der Waals surface area contributed by atoms with Crippen LogP contribution >= 0.6 is 0 Å². The van der Waals surface area contributed by atoms with Crippen LogP contribution < -0.4 is 5.32 Å². The number of amides is 1. The van der Waals surface area contributed by atoms with E-state index in [0.717, 1.165) is 19.3 Å². The third kappa shape index (κ3) is 2.74. The molecule has 0 spiro atoms. The van der Waals surface area contributed by atoms with Gasteiger partial charge in [-0.2, -0.15) is 0 Å². The van der Waals surface area contributed by atoms with Gasteiger partial charge in [0.05, 0.1) is 0 Å². The van der Waals surface area contributed by atoms with Crippen molar-refractivity contribution in [3.05, 3.63) is 11.6 Å². The number of hydrogen-bond acceptors (Lipinski definition) is 4. The largest absolute Gasteiger partial charge is 0.480 e. The monoisotopic (exact) mass is 266 g/mol. The van der Waals surface area contributed by atoms with E-state index in [-0.39, 0.29) is 11.7 Å². The second-order valence-electron chi connectivity index (χ2n) is 5.09. The van der Waals surface area contributed by atoms with Crippen molar-refractivity contribution >= 4 is 11.9 Å². The first-order chi connectivity index (χ1) is 8.97. The molecule has 1 atom stereocenters. The van der Waals surface area contributed by atoms with Crippen LogP contribution in [0.1, 0.15) is 49.6 Å². The van der Waals surface area contributed by atoms with E-state index in [4.69, 9.17) is 0 Å². The molecule has 104 valence electrons. The molecule has 0 aliphatic heterocycles. The summed E-state index contributed by atoms with van der Waals surface area (Å²) >= 11 is 0. The van der Waals surface area contributed by atoms with Gasteiger partial charge in [-0.1, -0.05) is 6.92 Å². The maximum absolute atomic E-state index is 12.0. The van der Waals surface area contributed by atoms with Crippen molar-refractivity contribution < 1.29 is 14.7 Å². The van der Waals surface area contributed by atoms with Gasteiger partial charge >= 0.3 is 5.97 Å². The number of carbonyl (C=O) groups excluding carboxylic acids is 1. The predicted molar refractivity (Wildman–Crippen MR) is 66.6 cm³/mol. The highest BCUT2D eigenvalue weighted by Crippen LogP contribution is 2.39. The molecule has 0 radical (unpaired) electrons. The zero-order valence-electron chi connectivity index (χ0n) is 11.1. The second kappa shape index (κ2) is 4.99. The topological polar surface area (TPSA) is 108 Å². The van der Waals surface area contributed by atoms with E-state index >= 15 is 0 Å². The molecule has 19 heavy (non-hydrogen) atoms. The van der Waals surface area contributed by atoms with Crippen LogP contribution in [0.5, 0.6) is 0 Å². The van der Waals surface area contributed by atoms with E-state index in [1.54, 1.807) is 0 Å². The van der Waals surface area contributed by atoms with Crippen molar-refractivity contribution in [3.63, 3.8) is 0 Å². The number of carboxylic acids is 1. The standard InChI is InChI=1S/C12H18N4O3/c1-3-4-8-13-9(16-15-8)10(17)14-12(2,11(18)19)7-5-6-7/h7H,3-6H2,1-2H3,(H,14,17)(H,18,19)(H,13,15,16). The average Bonchev–Trinajstić information content (AvgIpc) is 3.10. The minimum atomic E-state index is -1.23. The van der Waals surface area contributed by atoms with Gasteiger partial charge in [0.15, 0.2) is 0 Å². The number of carbonyl (C=O) groups is 2. The highest BCUT2D eigenvalue weighted by atomic mass is 16.4. The van der Waals surface area contributed by atoms with E-state index < -0.39 is 17.4 Å². The van der Waals surface area contributed by atoms with Gasteiger partial charge in [0.1, 0.15) is 11.4 Å². The number of H-pyrrole nitrogens is 1. The predicted octanol–water partition coefficient (Wildman–Crippen LogP) is 0.740. The fourth-order valence-electron chi connectivity index (χ4n) is 2.03. The van der Waals surface area contributed by atoms with Crippen molar-refractivity contribution in [1.82, 2.24) is 20.5 Å². The van der Waals surface area contributed by atoms with Gasteiger partial charge in [0.2, 0.25) is 5.82 Å². The minimum absolute atomic E-state index is 0.00317. The Balaban J connectivity index is 2.08. The molecule has 7 nitrogen and oxygen atoms in total. The Bertz CT molecular complexity index is 495. The van der Waals surface area contributed by atoms with Crippen LogP contribution in [0, 0.1) is 5.92 Å². The number of aromatic amines is 1. The van der Waals surface area contributed by atoms with Crippen molar-refractivity contribution in [2.75, 3.05) is 0 Å². The minimum Gasteiger partial charge on any atom is -0.480 e. The van der Waals surface area contributed by atoms with Crippen LogP contribution in [0.25, 0.3) is 0 Å². The molecule has 1 saturated carbocycles. The van der Waals surface area contributed by atoms with Crippen LogP contribution in [-0.4, -0.2) is 37.7 Å². The molecular formula is C12H18N4O3. The zero-order chi connectivity index (χ0) is 14.0. The number of aliphatic carboxylic acids is 1. The summed E-state index contributed by atoms with van der Waals surface area (Å²) in [6.07, 6.45) is 3.24.